The fraction of sp³-hybridized carbons (Fsp3) is 1.00. The van der Waals surface area contributed by atoms with Gasteiger partial charge in [0.1, 0.15) is 8.37 Å². The second-order valence-electron chi connectivity index (χ2n) is 7.81. The van der Waals surface area contributed by atoms with Gasteiger partial charge in [-0.05, 0) is 62.3 Å². The van der Waals surface area contributed by atoms with Crippen LogP contribution < -0.4 is 5.09 Å². The maximum atomic E-state index is 6.67. The summed E-state index contributed by atoms with van der Waals surface area (Å²) in [6.45, 7) is 20.1. The van der Waals surface area contributed by atoms with Gasteiger partial charge in [0.25, 0.3) is 0 Å². The average Bonchev–Trinajstić information content (AvgIpc) is 1.92. The van der Waals surface area contributed by atoms with E-state index in [-0.39, 0.29) is 16.6 Å². The van der Waals surface area contributed by atoms with E-state index in [9.17, 15) is 0 Å². The Labute approximate surface area is 120 Å². The lowest BCUT2D eigenvalue weighted by Gasteiger charge is -2.63. The molecule has 0 radical (unpaired) electrons. The Morgan fingerprint density at radius 1 is 0.778 bits per heavy atom. The third-order valence-corrected chi connectivity index (χ3v) is 10.5. The standard InChI is InChI=1S/C12H28ClN3P2/c1-10(2,3)14-18-15(11(4,5)6)17(13)16(18)12(7,8)9/h14H,1-9H3. The average molecular weight is 312 g/mol. The molecule has 18 heavy (non-hydrogen) atoms. The maximum absolute atomic E-state index is 6.67. The first-order chi connectivity index (χ1) is 7.75. The van der Waals surface area contributed by atoms with Crippen molar-refractivity contribution < 1.29 is 0 Å². The molecule has 0 aliphatic carbocycles. The highest BCUT2D eigenvalue weighted by molar-refractivity contribution is 7.96. The number of nitrogens with zero attached hydrogens (tertiary/aromatic N) is 2. The van der Waals surface area contributed by atoms with Gasteiger partial charge in [0, 0.05) is 16.6 Å². The van der Waals surface area contributed by atoms with E-state index in [2.05, 4.69) is 76.3 Å². The molecule has 6 heteroatoms. The van der Waals surface area contributed by atoms with E-state index in [0.717, 1.165) is 0 Å². The van der Waals surface area contributed by atoms with Crippen LogP contribution in [0.2, 0.25) is 0 Å². The number of hydrogen-bond donors (Lipinski definition) is 1. The van der Waals surface area contributed by atoms with Crippen molar-refractivity contribution in [3.63, 3.8) is 0 Å². The van der Waals surface area contributed by atoms with Crippen LogP contribution >= 0.6 is 27.2 Å². The predicted molar refractivity (Wildman–Crippen MR) is 85.8 cm³/mol. The van der Waals surface area contributed by atoms with Crippen molar-refractivity contribution in [3.8, 4) is 0 Å². The molecule has 1 aliphatic rings. The highest BCUT2D eigenvalue weighted by Gasteiger charge is 2.56. The van der Waals surface area contributed by atoms with Gasteiger partial charge in [-0.15, -0.1) is 0 Å². The van der Waals surface area contributed by atoms with Crippen LogP contribution in [0, 0.1) is 0 Å². The van der Waals surface area contributed by atoms with Crippen LogP contribution in [0.25, 0.3) is 0 Å². The fourth-order valence-corrected chi connectivity index (χ4v) is 9.31. The number of halogens is 1. The first kappa shape index (κ1) is 17.1. The van der Waals surface area contributed by atoms with E-state index in [1.807, 2.05) is 0 Å². The summed E-state index contributed by atoms with van der Waals surface area (Å²) >= 11 is 6.67. The van der Waals surface area contributed by atoms with Crippen molar-refractivity contribution in [1.82, 2.24) is 14.0 Å². The molecular weight excluding hydrogens is 284 g/mol. The van der Waals surface area contributed by atoms with Crippen molar-refractivity contribution in [2.24, 2.45) is 0 Å². The molecule has 1 fully saturated rings. The molecule has 0 spiro atoms. The van der Waals surface area contributed by atoms with Gasteiger partial charge in [0.05, 0.1) is 0 Å². The summed E-state index contributed by atoms with van der Waals surface area (Å²) in [5.41, 5.74) is 0.324. The van der Waals surface area contributed by atoms with Gasteiger partial charge in [-0.1, -0.05) is 11.2 Å². The molecule has 1 aliphatic heterocycles. The molecule has 3 nitrogen and oxygen atoms in total. The van der Waals surface area contributed by atoms with E-state index < -0.39 is 15.9 Å². The van der Waals surface area contributed by atoms with E-state index in [1.54, 1.807) is 0 Å². The Hall–Kier alpha value is 1.03. The van der Waals surface area contributed by atoms with Crippen molar-refractivity contribution in [1.29, 1.82) is 0 Å². The molecular formula is C12H28ClN3P2. The van der Waals surface area contributed by atoms with E-state index in [4.69, 9.17) is 11.2 Å². The van der Waals surface area contributed by atoms with Crippen molar-refractivity contribution in [2.75, 3.05) is 0 Å². The van der Waals surface area contributed by atoms with Crippen LogP contribution in [0.1, 0.15) is 62.3 Å². The van der Waals surface area contributed by atoms with Crippen LogP contribution in [-0.2, 0) is 0 Å². The zero-order valence-electron chi connectivity index (χ0n) is 13.2. The smallest absolute Gasteiger partial charge is 0.152 e. The molecule has 1 heterocycles. The zero-order valence-corrected chi connectivity index (χ0v) is 15.7. The Morgan fingerprint density at radius 2 is 1.11 bits per heavy atom. The van der Waals surface area contributed by atoms with Crippen LogP contribution in [0.4, 0.5) is 0 Å². The Balaban J connectivity index is 2.96. The quantitative estimate of drug-likeness (QED) is 0.664. The SMILES string of the molecule is CC(C)(C)NP1N(C(C)(C)C)P(Cl)N1C(C)(C)C. The number of rotatable bonds is 1. The van der Waals surface area contributed by atoms with Gasteiger partial charge in [-0.25, -0.2) is 8.88 Å². The summed E-state index contributed by atoms with van der Waals surface area (Å²) in [5.74, 6) is 0. The normalized spacial score (nSPS) is 28.3. The molecule has 0 aromatic rings. The summed E-state index contributed by atoms with van der Waals surface area (Å²) in [6, 6.07) is 0. The molecule has 0 aromatic carbocycles. The summed E-state index contributed by atoms with van der Waals surface area (Å²) in [7, 11) is -1.22. The third-order valence-electron chi connectivity index (χ3n) is 2.31. The van der Waals surface area contributed by atoms with E-state index in [1.165, 1.54) is 0 Å². The fourth-order valence-electron chi connectivity index (χ4n) is 1.73. The highest BCUT2D eigenvalue weighted by atomic mass is 35.7. The Kier molecular flexibility index (Phi) is 4.84. The Bertz CT molecular complexity index is 282. The van der Waals surface area contributed by atoms with Gasteiger partial charge in [0.15, 0.2) is 7.58 Å². The molecule has 1 saturated heterocycles. The van der Waals surface area contributed by atoms with Gasteiger partial charge >= 0.3 is 0 Å². The lowest BCUT2D eigenvalue weighted by molar-refractivity contribution is 0.277. The first-order valence-corrected chi connectivity index (χ1v) is 9.79. The largest absolute Gasteiger partial charge is 0.265 e. The molecule has 0 unspecified atom stereocenters. The second kappa shape index (κ2) is 5.10. The van der Waals surface area contributed by atoms with E-state index >= 15 is 0 Å². The first-order valence-electron chi connectivity index (χ1n) is 6.39. The van der Waals surface area contributed by atoms with Gasteiger partial charge < -0.3 is 0 Å². The van der Waals surface area contributed by atoms with Crippen LogP contribution in [0.3, 0.4) is 0 Å². The predicted octanol–water partition coefficient (Wildman–Crippen LogP) is 5.28. The monoisotopic (exact) mass is 311 g/mol. The molecule has 0 saturated carbocycles. The van der Waals surface area contributed by atoms with Crippen molar-refractivity contribution in [2.45, 2.75) is 78.9 Å². The Morgan fingerprint density at radius 3 is 1.33 bits per heavy atom. The zero-order chi connectivity index (χ0) is 14.5. The van der Waals surface area contributed by atoms with Crippen LogP contribution in [-0.4, -0.2) is 25.5 Å². The van der Waals surface area contributed by atoms with Gasteiger partial charge in [-0.2, -0.15) is 0 Å². The summed E-state index contributed by atoms with van der Waals surface area (Å²) in [4.78, 5) is 0. The molecule has 1 N–H and O–H groups in total. The number of nitrogens with one attached hydrogen (secondary N) is 1. The van der Waals surface area contributed by atoms with Crippen molar-refractivity contribution >= 4 is 27.2 Å². The lowest BCUT2D eigenvalue weighted by Crippen LogP contribution is -2.56. The summed E-state index contributed by atoms with van der Waals surface area (Å²) in [5, 5.41) is 3.75. The minimum Gasteiger partial charge on any atom is -0.265 e. The molecule has 108 valence electrons. The van der Waals surface area contributed by atoms with Crippen molar-refractivity contribution in [3.05, 3.63) is 0 Å². The molecule has 0 atom stereocenters. The van der Waals surface area contributed by atoms with E-state index in [0.29, 0.717) is 0 Å². The maximum Gasteiger partial charge on any atom is 0.152 e. The second-order valence-corrected chi connectivity index (χ2v) is 12.2. The van der Waals surface area contributed by atoms with Crippen LogP contribution in [0.5, 0.6) is 0 Å². The molecule has 1 rings (SSSR count). The molecule has 0 bridgehead atoms. The minimum atomic E-state index is -0.708. The third kappa shape index (κ3) is 3.78. The lowest BCUT2D eigenvalue weighted by atomic mass is 10.1. The topological polar surface area (TPSA) is 18.5 Å². The van der Waals surface area contributed by atoms with Gasteiger partial charge in [0.2, 0.25) is 0 Å². The number of hydrogen-bond acceptors (Lipinski definition) is 3. The molecule has 0 amide bonds. The minimum absolute atomic E-state index is 0.103. The molecule has 0 aromatic heterocycles. The summed E-state index contributed by atoms with van der Waals surface area (Å²) < 4.78 is 4.91. The summed E-state index contributed by atoms with van der Waals surface area (Å²) in [6.07, 6.45) is 0. The highest BCUT2D eigenvalue weighted by Crippen LogP contribution is 2.81. The van der Waals surface area contributed by atoms with Crippen LogP contribution in [0.15, 0.2) is 0 Å². The van der Waals surface area contributed by atoms with Gasteiger partial charge in [-0.3, -0.25) is 5.09 Å².